The maximum absolute atomic E-state index is 12.8. The lowest BCUT2D eigenvalue weighted by molar-refractivity contribution is -0.137. The molecule has 27 heavy (non-hydrogen) atoms. The standard InChI is InChI=1S/C20H21F3N2O2/c21-20(22,23)17-8-4-7-16(13-17)19(26)24-9-10-25-11-12-27-18(14-25)15-5-2-1-3-6-15/h1-8,13,18H,9-12,14H2,(H,24,26)/t18-/m1/s1. The van der Waals surface area contributed by atoms with Crippen LogP contribution in [0.4, 0.5) is 13.2 Å². The van der Waals surface area contributed by atoms with Gasteiger partial charge in [-0.1, -0.05) is 36.4 Å². The highest BCUT2D eigenvalue weighted by molar-refractivity contribution is 5.94. The molecule has 4 nitrogen and oxygen atoms in total. The molecular formula is C20H21F3N2O2. The Morgan fingerprint density at radius 2 is 1.93 bits per heavy atom. The number of alkyl halides is 3. The highest BCUT2D eigenvalue weighted by Crippen LogP contribution is 2.29. The third kappa shape index (κ3) is 5.30. The molecule has 0 spiro atoms. The first kappa shape index (κ1) is 19.4. The molecule has 2 aromatic rings. The van der Waals surface area contributed by atoms with E-state index in [2.05, 4.69) is 10.2 Å². The Morgan fingerprint density at radius 1 is 1.15 bits per heavy atom. The van der Waals surface area contributed by atoms with Crippen molar-refractivity contribution in [2.24, 2.45) is 0 Å². The number of ether oxygens (including phenoxy) is 1. The van der Waals surface area contributed by atoms with Crippen LogP contribution >= 0.6 is 0 Å². The number of rotatable bonds is 5. The summed E-state index contributed by atoms with van der Waals surface area (Å²) in [7, 11) is 0. The fourth-order valence-corrected chi connectivity index (χ4v) is 3.04. The van der Waals surface area contributed by atoms with Crippen LogP contribution in [0.2, 0.25) is 0 Å². The van der Waals surface area contributed by atoms with E-state index >= 15 is 0 Å². The summed E-state index contributed by atoms with van der Waals surface area (Å²) in [5.74, 6) is -0.506. The van der Waals surface area contributed by atoms with Crippen molar-refractivity contribution in [1.29, 1.82) is 0 Å². The largest absolute Gasteiger partial charge is 0.416 e. The highest BCUT2D eigenvalue weighted by Gasteiger charge is 2.30. The second-order valence-corrected chi connectivity index (χ2v) is 6.41. The van der Waals surface area contributed by atoms with Crippen molar-refractivity contribution in [2.75, 3.05) is 32.8 Å². The summed E-state index contributed by atoms with van der Waals surface area (Å²) in [6.45, 7) is 3.03. The highest BCUT2D eigenvalue weighted by atomic mass is 19.4. The van der Waals surface area contributed by atoms with E-state index in [1.807, 2.05) is 30.3 Å². The third-order valence-electron chi connectivity index (χ3n) is 4.49. The van der Waals surface area contributed by atoms with E-state index in [0.29, 0.717) is 26.2 Å². The molecule has 7 heteroatoms. The monoisotopic (exact) mass is 378 g/mol. The number of hydrogen-bond acceptors (Lipinski definition) is 3. The number of carbonyl (C=O) groups excluding carboxylic acids is 1. The molecular weight excluding hydrogens is 357 g/mol. The van der Waals surface area contributed by atoms with E-state index in [9.17, 15) is 18.0 Å². The van der Waals surface area contributed by atoms with Crippen LogP contribution in [-0.2, 0) is 10.9 Å². The van der Waals surface area contributed by atoms with Crippen molar-refractivity contribution in [1.82, 2.24) is 10.2 Å². The van der Waals surface area contributed by atoms with Gasteiger partial charge in [-0.2, -0.15) is 13.2 Å². The zero-order chi connectivity index (χ0) is 19.3. The molecule has 2 aromatic carbocycles. The summed E-state index contributed by atoms with van der Waals surface area (Å²) in [4.78, 5) is 14.3. The predicted octanol–water partition coefficient (Wildman–Crippen LogP) is 3.51. The van der Waals surface area contributed by atoms with Gasteiger partial charge in [-0.3, -0.25) is 9.69 Å². The molecule has 0 bridgehead atoms. The Kier molecular flexibility index (Phi) is 6.13. The van der Waals surface area contributed by atoms with Gasteiger partial charge in [-0.05, 0) is 23.8 Å². The van der Waals surface area contributed by atoms with Crippen LogP contribution in [0.1, 0.15) is 27.6 Å². The third-order valence-corrected chi connectivity index (χ3v) is 4.49. The Morgan fingerprint density at radius 3 is 2.67 bits per heavy atom. The zero-order valence-electron chi connectivity index (χ0n) is 14.7. The fraction of sp³-hybridized carbons (Fsp3) is 0.350. The second-order valence-electron chi connectivity index (χ2n) is 6.41. The summed E-state index contributed by atoms with van der Waals surface area (Å²) >= 11 is 0. The minimum absolute atomic E-state index is 0.00830. The summed E-state index contributed by atoms with van der Waals surface area (Å²) in [5.41, 5.74) is 0.290. The number of hydrogen-bond donors (Lipinski definition) is 1. The minimum Gasteiger partial charge on any atom is -0.371 e. The van der Waals surface area contributed by atoms with E-state index in [1.165, 1.54) is 12.1 Å². The number of benzene rings is 2. The first-order valence-corrected chi connectivity index (χ1v) is 8.78. The number of nitrogens with zero attached hydrogens (tertiary/aromatic N) is 1. The predicted molar refractivity (Wildman–Crippen MR) is 95.4 cm³/mol. The van der Waals surface area contributed by atoms with Gasteiger partial charge >= 0.3 is 6.18 Å². The number of halogens is 3. The molecule has 144 valence electrons. The van der Waals surface area contributed by atoms with Gasteiger partial charge in [0, 0.05) is 31.7 Å². The van der Waals surface area contributed by atoms with E-state index in [-0.39, 0.29) is 11.7 Å². The molecule has 1 saturated heterocycles. The van der Waals surface area contributed by atoms with Crippen LogP contribution in [0.25, 0.3) is 0 Å². The molecule has 1 aliphatic rings. The first-order valence-electron chi connectivity index (χ1n) is 8.78. The normalized spacial score (nSPS) is 18.3. The van der Waals surface area contributed by atoms with Crippen LogP contribution < -0.4 is 5.32 Å². The van der Waals surface area contributed by atoms with E-state index in [4.69, 9.17) is 4.74 Å². The number of nitrogens with one attached hydrogen (secondary N) is 1. The zero-order valence-corrected chi connectivity index (χ0v) is 14.7. The molecule has 1 N–H and O–H groups in total. The van der Waals surface area contributed by atoms with Gasteiger partial charge in [0.2, 0.25) is 0 Å². The maximum Gasteiger partial charge on any atom is 0.416 e. The van der Waals surface area contributed by atoms with Gasteiger partial charge in [0.25, 0.3) is 5.91 Å². The summed E-state index contributed by atoms with van der Waals surface area (Å²) in [6, 6.07) is 14.4. The van der Waals surface area contributed by atoms with Crippen molar-refractivity contribution >= 4 is 5.91 Å². The van der Waals surface area contributed by atoms with Gasteiger partial charge in [0.05, 0.1) is 18.3 Å². The molecule has 1 heterocycles. The average molecular weight is 378 g/mol. The Balaban J connectivity index is 1.50. The van der Waals surface area contributed by atoms with E-state index in [0.717, 1.165) is 24.2 Å². The lowest BCUT2D eigenvalue weighted by Gasteiger charge is -2.33. The van der Waals surface area contributed by atoms with E-state index in [1.54, 1.807) is 0 Å². The van der Waals surface area contributed by atoms with Crippen LogP contribution in [0.15, 0.2) is 54.6 Å². The van der Waals surface area contributed by atoms with Crippen molar-refractivity contribution < 1.29 is 22.7 Å². The quantitative estimate of drug-likeness (QED) is 0.866. The first-order chi connectivity index (χ1) is 12.9. The Bertz CT molecular complexity index is 765. The molecule has 0 saturated carbocycles. The van der Waals surface area contributed by atoms with E-state index < -0.39 is 17.6 Å². The number of amides is 1. The molecule has 3 rings (SSSR count). The van der Waals surface area contributed by atoms with Crippen LogP contribution in [0, 0.1) is 0 Å². The molecule has 0 aliphatic carbocycles. The van der Waals surface area contributed by atoms with Gasteiger partial charge in [0.1, 0.15) is 0 Å². The maximum atomic E-state index is 12.8. The Labute approximate surface area is 155 Å². The summed E-state index contributed by atoms with van der Waals surface area (Å²) < 4.78 is 44.1. The minimum atomic E-state index is -4.46. The van der Waals surface area contributed by atoms with Gasteiger partial charge in [0.15, 0.2) is 0 Å². The lowest BCUT2D eigenvalue weighted by Crippen LogP contribution is -2.42. The topological polar surface area (TPSA) is 41.6 Å². The van der Waals surface area contributed by atoms with Gasteiger partial charge in [-0.15, -0.1) is 0 Å². The van der Waals surface area contributed by atoms with Crippen molar-refractivity contribution in [3.63, 3.8) is 0 Å². The molecule has 0 aromatic heterocycles. The van der Waals surface area contributed by atoms with Crippen LogP contribution in [0.5, 0.6) is 0 Å². The number of morpholine rings is 1. The molecule has 1 atom stereocenters. The van der Waals surface area contributed by atoms with Crippen molar-refractivity contribution in [3.8, 4) is 0 Å². The van der Waals surface area contributed by atoms with Gasteiger partial charge < -0.3 is 10.1 Å². The fourth-order valence-electron chi connectivity index (χ4n) is 3.04. The van der Waals surface area contributed by atoms with Crippen LogP contribution in [0.3, 0.4) is 0 Å². The molecule has 1 fully saturated rings. The van der Waals surface area contributed by atoms with Gasteiger partial charge in [-0.25, -0.2) is 0 Å². The van der Waals surface area contributed by atoms with Crippen molar-refractivity contribution in [2.45, 2.75) is 12.3 Å². The Hall–Kier alpha value is -2.38. The SMILES string of the molecule is O=C(NCCN1CCO[C@@H](c2ccccc2)C1)c1cccc(C(F)(F)F)c1. The van der Waals surface area contributed by atoms with Crippen LogP contribution in [-0.4, -0.2) is 43.6 Å². The molecule has 0 radical (unpaired) electrons. The molecule has 1 aliphatic heterocycles. The summed E-state index contributed by atoms with van der Waals surface area (Å²) in [6.07, 6.45) is -4.48. The number of carbonyl (C=O) groups is 1. The molecule has 0 unspecified atom stereocenters. The average Bonchev–Trinajstić information content (AvgIpc) is 2.68. The lowest BCUT2D eigenvalue weighted by atomic mass is 10.1. The van der Waals surface area contributed by atoms with Crippen molar-refractivity contribution in [3.05, 3.63) is 71.3 Å². The second kappa shape index (κ2) is 8.54. The smallest absolute Gasteiger partial charge is 0.371 e. The molecule has 1 amide bonds. The summed E-state index contributed by atoms with van der Waals surface area (Å²) in [5, 5.41) is 2.69.